The predicted octanol–water partition coefficient (Wildman–Crippen LogP) is 11.1. The third-order valence-corrected chi connectivity index (χ3v) is 8.39. The molecule has 0 saturated carbocycles. The van der Waals surface area contributed by atoms with Crippen molar-refractivity contribution < 1.29 is 34.4 Å². The normalized spacial score (nSPS) is 11.4. The van der Waals surface area contributed by atoms with Gasteiger partial charge in [-0.1, -0.05) is 77.9 Å². The minimum atomic E-state index is -0.247. The smallest absolute Gasteiger partial charge is 0.162 e. The number of carbonyl (C=O) groups is 1. The van der Waals surface area contributed by atoms with E-state index >= 15 is 0 Å². The number of allylic oxidation sites excluding steroid dienone is 2. The van der Waals surface area contributed by atoms with Crippen molar-refractivity contribution in [3.8, 4) is 22.4 Å². The number of aryl methyl sites for hydroxylation is 2. The Bertz CT molecular complexity index is 1750. The molecule has 4 aromatic carbocycles. The number of ketones is 1. The molecule has 237 valence electrons. The van der Waals surface area contributed by atoms with Crippen LogP contribution in [0.4, 0.5) is 4.39 Å². The van der Waals surface area contributed by atoms with Gasteiger partial charge in [0.1, 0.15) is 5.82 Å². The van der Waals surface area contributed by atoms with E-state index in [1.807, 2.05) is 71.1 Å². The van der Waals surface area contributed by atoms with Gasteiger partial charge in [-0.2, -0.15) is 0 Å². The second kappa shape index (κ2) is 16.6. The Labute approximate surface area is 281 Å². The molecule has 0 aliphatic rings. The maximum Gasteiger partial charge on any atom is 0.162 e. The van der Waals surface area contributed by atoms with Gasteiger partial charge in [-0.05, 0) is 88.3 Å². The molecule has 0 aliphatic heterocycles. The summed E-state index contributed by atoms with van der Waals surface area (Å²) in [5.41, 5.74) is 6.20. The molecule has 0 atom stereocenters. The van der Waals surface area contributed by atoms with Gasteiger partial charge in [0.15, 0.2) is 5.78 Å². The van der Waals surface area contributed by atoms with Gasteiger partial charge in [-0.3, -0.25) is 4.79 Å². The van der Waals surface area contributed by atoms with Crippen LogP contribution in [0.25, 0.3) is 43.9 Å². The number of hydrogen-bond donors (Lipinski definition) is 1. The first-order chi connectivity index (χ1) is 21.2. The van der Waals surface area contributed by atoms with Gasteiger partial charge in [-0.15, -0.1) is 34.9 Å². The summed E-state index contributed by atoms with van der Waals surface area (Å²) < 4.78 is 14.3. The number of pyridine rings is 1. The summed E-state index contributed by atoms with van der Waals surface area (Å²) in [6.45, 7) is 12.2. The number of aliphatic hydroxyl groups is 1. The topological polar surface area (TPSA) is 50.2 Å². The van der Waals surface area contributed by atoms with E-state index in [4.69, 9.17) is 0 Å². The van der Waals surface area contributed by atoms with Crippen molar-refractivity contribution in [2.45, 2.75) is 67.2 Å². The van der Waals surface area contributed by atoms with Crippen molar-refractivity contribution in [3.05, 3.63) is 114 Å². The largest absolute Gasteiger partial charge is 0.512 e. The monoisotopic (exact) mass is 781 g/mol. The van der Waals surface area contributed by atoms with Gasteiger partial charge in [0, 0.05) is 44.2 Å². The molecule has 0 spiro atoms. The van der Waals surface area contributed by atoms with Crippen molar-refractivity contribution >= 4 is 27.3 Å². The Morgan fingerprint density at radius 2 is 1.53 bits per heavy atom. The molecule has 1 radical (unpaired) electrons. The molecule has 0 saturated heterocycles. The Morgan fingerprint density at radius 3 is 2.16 bits per heavy atom. The van der Waals surface area contributed by atoms with Crippen molar-refractivity contribution in [3.63, 3.8) is 0 Å². The predicted molar refractivity (Wildman–Crippen MR) is 182 cm³/mol. The van der Waals surface area contributed by atoms with Gasteiger partial charge in [0.25, 0.3) is 0 Å². The van der Waals surface area contributed by atoms with E-state index in [1.54, 1.807) is 6.07 Å². The zero-order valence-electron chi connectivity index (χ0n) is 27.1. The third-order valence-electron chi connectivity index (χ3n) is 8.39. The van der Waals surface area contributed by atoms with E-state index in [0.717, 1.165) is 80.7 Å². The molecule has 5 rings (SSSR count). The third kappa shape index (κ3) is 8.54. The maximum atomic E-state index is 14.3. The molecule has 0 bridgehead atoms. The SMILES string of the molecule is CCC(CC)C(=O)/C=C(\O)C(CC)CC.Cc1[c-]c(-c2nccc3cc(-c4ccccc4)c4ccc(F)cc4c23)cc(C)c1.[Ir]. The zero-order valence-corrected chi connectivity index (χ0v) is 29.5. The summed E-state index contributed by atoms with van der Waals surface area (Å²) >= 11 is 0. The van der Waals surface area contributed by atoms with Crippen LogP contribution < -0.4 is 0 Å². The Kier molecular flexibility index (Phi) is 13.2. The van der Waals surface area contributed by atoms with Crippen LogP contribution in [0.2, 0.25) is 0 Å². The zero-order chi connectivity index (χ0) is 31.8. The van der Waals surface area contributed by atoms with Crippen LogP contribution in [0.15, 0.2) is 90.8 Å². The average Bonchev–Trinajstić information content (AvgIpc) is 3.01. The molecule has 3 nitrogen and oxygen atoms in total. The van der Waals surface area contributed by atoms with Crippen LogP contribution in [0.1, 0.15) is 64.5 Å². The maximum absolute atomic E-state index is 14.3. The van der Waals surface area contributed by atoms with Crippen molar-refractivity contribution in [1.29, 1.82) is 0 Å². The Morgan fingerprint density at radius 1 is 0.867 bits per heavy atom. The van der Waals surface area contributed by atoms with Crippen LogP contribution in [-0.4, -0.2) is 15.9 Å². The van der Waals surface area contributed by atoms with E-state index < -0.39 is 0 Å². The van der Waals surface area contributed by atoms with Crippen LogP contribution in [0, 0.1) is 37.6 Å². The first-order valence-electron chi connectivity index (χ1n) is 15.7. The van der Waals surface area contributed by atoms with E-state index in [-0.39, 0.29) is 49.3 Å². The fourth-order valence-corrected chi connectivity index (χ4v) is 5.93. The molecular weight excluding hydrogens is 738 g/mol. The van der Waals surface area contributed by atoms with E-state index in [0.29, 0.717) is 0 Å². The second-order valence-corrected chi connectivity index (χ2v) is 11.5. The minimum Gasteiger partial charge on any atom is -0.512 e. The van der Waals surface area contributed by atoms with Crippen LogP contribution in [0.5, 0.6) is 0 Å². The first-order valence-corrected chi connectivity index (χ1v) is 15.7. The standard InChI is InChI=1S/C27H19FN.C13H24O2.Ir/c1-17-12-18(2)14-21(13-17)27-26-20(10-11-29-27)15-24(19-6-4-3-5-7-19)23-9-8-22(28)16-25(23)26;1-5-10(6-2)12(14)9-13(15)11(7-3)8-4;/h3-13,15-16H,1-2H3;9-11,14H,5-8H2,1-4H3;/q-1;;/b;12-9-;. The molecule has 1 aromatic heterocycles. The van der Waals surface area contributed by atoms with Crippen LogP contribution in [0.3, 0.4) is 0 Å². The molecule has 0 aliphatic carbocycles. The molecular formula is C40H43FIrNO2-. The second-order valence-electron chi connectivity index (χ2n) is 11.5. The summed E-state index contributed by atoms with van der Waals surface area (Å²) in [7, 11) is 0. The van der Waals surface area contributed by atoms with Crippen molar-refractivity contribution in [2.75, 3.05) is 0 Å². The van der Waals surface area contributed by atoms with Gasteiger partial charge in [0.2, 0.25) is 0 Å². The number of carbonyl (C=O) groups excluding carboxylic acids is 1. The molecule has 0 amide bonds. The fourth-order valence-electron chi connectivity index (χ4n) is 5.93. The van der Waals surface area contributed by atoms with Gasteiger partial charge < -0.3 is 10.1 Å². The van der Waals surface area contributed by atoms with Crippen LogP contribution >= 0.6 is 0 Å². The summed E-state index contributed by atoms with van der Waals surface area (Å²) in [5, 5.41) is 13.7. The number of halogens is 1. The Hall–Kier alpha value is -3.66. The number of aliphatic hydroxyl groups excluding tert-OH is 1. The van der Waals surface area contributed by atoms with E-state index in [9.17, 15) is 14.3 Å². The molecule has 5 aromatic rings. The molecule has 1 heterocycles. The van der Waals surface area contributed by atoms with Gasteiger partial charge in [0.05, 0.1) is 5.76 Å². The van der Waals surface area contributed by atoms with E-state index in [2.05, 4.69) is 48.3 Å². The summed E-state index contributed by atoms with van der Waals surface area (Å²) in [6.07, 6.45) is 6.73. The number of fused-ring (bicyclic) bond motifs is 3. The number of hydrogen-bond acceptors (Lipinski definition) is 3. The molecule has 0 fully saturated rings. The average molecular weight is 781 g/mol. The Balaban J connectivity index is 0.000000297. The number of benzene rings is 4. The summed E-state index contributed by atoms with van der Waals surface area (Å²) in [6, 6.07) is 27.0. The summed E-state index contributed by atoms with van der Waals surface area (Å²) in [4.78, 5) is 16.4. The summed E-state index contributed by atoms with van der Waals surface area (Å²) in [5.74, 6) is 0.300. The number of aromatic nitrogens is 1. The van der Waals surface area contributed by atoms with Crippen LogP contribution in [-0.2, 0) is 24.9 Å². The number of nitrogens with zero attached hydrogens (tertiary/aromatic N) is 1. The molecule has 0 unspecified atom stereocenters. The quantitative estimate of drug-likeness (QED) is 0.0701. The molecule has 1 N–H and O–H groups in total. The minimum absolute atomic E-state index is 0. The van der Waals surface area contributed by atoms with Gasteiger partial charge in [-0.25, -0.2) is 4.39 Å². The van der Waals surface area contributed by atoms with E-state index in [1.165, 1.54) is 12.1 Å². The molecule has 5 heteroatoms. The molecule has 45 heavy (non-hydrogen) atoms. The van der Waals surface area contributed by atoms with Crippen molar-refractivity contribution in [2.24, 2.45) is 11.8 Å². The van der Waals surface area contributed by atoms with Crippen molar-refractivity contribution in [1.82, 2.24) is 4.98 Å². The number of rotatable bonds is 9. The van der Waals surface area contributed by atoms with Gasteiger partial charge >= 0.3 is 0 Å². The fraction of sp³-hybridized carbons (Fsp3) is 0.300. The first kappa shape index (κ1) is 35.8.